The molecule has 0 aliphatic rings. The molecule has 0 aliphatic carbocycles. The predicted octanol–water partition coefficient (Wildman–Crippen LogP) is 3.16. The molecule has 1 atom stereocenters. The first-order valence-electron chi connectivity index (χ1n) is 7.99. The number of nitrogens with zero attached hydrogens (tertiary/aromatic N) is 2. The molecule has 0 bridgehead atoms. The molecule has 0 saturated carbocycles. The second-order valence-electron chi connectivity index (χ2n) is 5.83. The number of rotatable bonds is 6. The van der Waals surface area contributed by atoms with E-state index in [0.29, 0.717) is 6.61 Å². The van der Waals surface area contributed by atoms with Crippen molar-refractivity contribution >= 4 is 0 Å². The van der Waals surface area contributed by atoms with Gasteiger partial charge in [-0.25, -0.2) is 9.13 Å². The summed E-state index contributed by atoms with van der Waals surface area (Å²) >= 11 is 0. The summed E-state index contributed by atoms with van der Waals surface area (Å²) < 4.78 is 15.8. The molecule has 1 heterocycles. The normalized spacial score (nSPS) is 12.1. The van der Waals surface area contributed by atoms with Crippen molar-refractivity contribution in [2.24, 2.45) is 14.1 Å². The molecule has 0 amide bonds. The number of imidazole rings is 1. The highest BCUT2D eigenvalue weighted by Gasteiger charge is 2.27. The highest BCUT2D eigenvalue weighted by Crippen LogP contribution is 2.26. The van der Waals surface area contributed by atoms with Gasteiger partial charge in [0.15, 0.2) is 6.10 Å². The van der Waals surface area contributed by atoms with E-state index in [1.807, 2.05) is 56.8 Å². The van der Waals surface area contributed by atoms with Crippen LogP contribution in [0.15, 0.2) is 67.0 Å². The smallest absolute Gasteiger partial charge is 0.290 e. The molecule has 4 nitrogen and oxygen atoms in total. The van der Waals surface area contributed by atoms with Gasteiger partial charge in [0.05, 0.1) is 27.8 Å². The second-order valence-corrected chi connectivity index (χ2v) is 5.83. The molecule has 0 aliphatic heterocycles. The summed E-state index contributed by atoms with van der Waals surface area (Å²) in [6.45, 7) is 0.558. The molecule has 3 rings (SSSR count). The van der Waals surface area contributed by atoms with Crippen LogP contribution in [-0.2, 0) is 25.4 Å². The van der Waals surface area contributed by atoms with E-state index in [4.69, 9.17) is 9.47 Å². The van der Waals surface area contributed by atoms with E-state index in [9.17, 15) is 0 Å². The summed E-state index contributed by atoms with van der Waals surface area (Å²) in [5.74, 6) is 1.94. The number of methoxy groups -OCH3 is 1. The van der Waals surface area contributed by atoms with Crippen molar-refractivity contribution in [1.82, 2.24) is 4.57 Å². The van der Waals surface area contributed by atoms with Gasteiger partial charge in [-0.1, -0.05) is 42.5 Å². The van der Waals surface area contributed by atoms with E-state index in [-0.39, 0.29) is 6.10 Å². The van der Waals surface area contributed by atoms with Crippen molar-refractivity contribution in [3.05, 3.63) is 83.9 Å². The first-order chi connectivity index (χ1) is 11.7. The Morgan fingerprint density at radius 3 is 2.33 bits per heavy atom. The van der Waals surface area contributed by atoms with Crippen LogP contribution in [0.5, 0.6) is 5.75 Å². The molecule has 0 saturated heterocycles. The van der Waals surface area contributed by atoms with Gasteiger partial charge in [-0.05, 0) is 23.3 Å². The van der Waals surface area contributed by atoms with Crippen molar-refractivity contribution in [3.63, 3.8) is 0 Å². The van der Waals surface area contributed by atoms with Gasteiger partial charge in [-0.2, -0.15) is 0 Å². The fourth-order valence-corrected chi connectivity index (χ4v) is 2.82. The zero-order valence-electron chi connectivity index (χ0n) is 14.3. The number of benzene rings is 2. The van der Waals surface area contributed by atoms with E-state index >= 15 is 0 Å². The molecule has 124 valence electrons. The fourth-order valence-electron chi connectivity index (χ4n) is 2.82. The third kappa shape index (κ3) is 3.49. The average Bonchev–Trinajstić information content (AvgIpc) is 2.96. The van der Waals surface area contributed by atoms with Gasteiger partial charge in [0.1, 0.15) is 18.1 Å². The molecule has 0 radical (unpaired) electrons. The molecular formula is C20H23N2O2+. The summed E-state index contributed by atoms with van der Waals surface area (Å²) in [5.41, 5.74) is 2.26. The van der Waals surface area contributed by atoms with Crippen LogP contribution in [0.4, 0.5) is 0 Å². The molecule has 1 aromatic heterocycles. The van der Waals surface area contributed by atoms with Crippen LogP contribution < -0.4 is 9.30 Å². The number of aryl methyl sites for hydroxylation is 2. The molecule has 0 N–H and O–H groups in total. The Bertz CT molecular complexity index is 760. The van der Waals surface area contributed by atoms with E-state index in [1.165, 1.54) is 0 Å². The maximum atomic E-state index is 6.31. The highest BCUT2D eigenvalue weighted by molar-refractivity contribution is 5.30. The zero-order valence-corrected chi connectivity index (χ0v) is 14.3. The van der Waals surface area contributed by atoms with Crippen molar-refractivity contribution in [2.45, 2.75) is 12.7 Å². The molecule has 4 heteroatoms. The van der Waals surface area contributed by atoms with Crippen LogP contribution >= 0.6 is 0 Å². The monoisotopic (exact) mass is 323 g/mol. The quantitative estimate of drug-likeness (QED) is 0.652. The fraction of sp³-hybridized carbons (Fsp3) is 0.250. The lowest BCUT2D eigenvalue weighted by Crippen LogP contribution is -2.35. The number of aromatic nitrogens is 2. The van der Waals surface area contributed by atoms with Gasteiger partial charge >= 0.3 is 0 Å². The van der Waals surface area contributed by atoms with E-state index in [1.54, 1.807) is 7.11 Å². The number of hydrogen-bond donors (Lipinski definition) is 0. The van der Waals surface area contributed by atoms with E-state index < -0.39 is 0 Å². The van der Waals surface area contributed by atoms with Crippen molar-refractivity contribution in [3.8, 4) is 5.75 Å². The Morgan fingerprint density at radius 1 is 1.04 bits per heavy atom. The Labute approximate surface area is 142 Å². The van der Waals surface area contributed by atoms with Gasteiger partial charge in [0.2, 0.25) is 0 Å². The van der Waals surface area contributed by atoms with Crippen LogP contribution in [0.3, 0.4) is 0 Å². The number of ether oxygens (including phenoxy) is 2. The molecule has 2 aromatic carbocycles. The lowest BCUT2D eigenvalue weighted by Gasteiger charge is -2.16. The molecule has 24 heavy (non-hydrogen) atoms. The topological polar surface area (TPSA) is 27.3 Å². The van der Waals surface area contributed by atoms with Crippen LogP contribution in [0.1, 0.15) is 23.1 Å². The van der Waals surface area contributed by atoms with Crippen LogP contribution in [0.2, 0.25) is 0 Å². The summed E-state index contributed by atoms with van der Waals surface area (Å²) in [5, 5.41) is 0. The van der Waals surface area contributed by atoms with Crippen molar-refractivity contribution in [1.29, 1.82) is 0 Å². The first-order valence-corrected chi connectivity index (χ1v) is 7.99. The van der Waals surface area contributed by atoms with E-state index in [2.05, 4.69) is 33.4 Å². The first kappa shape index (κ1) is 16.3. The molecule has 0 spiro atoms. The summed E-state index contributed by atoms with van der Waals surface area (Å²) in [6, 6.07) is 18.3. The Morgan fingerprint density at radius 2 is 1.75 bits per heavy atom. The minimum Gasteiger partial charge on any atom is -0.497 e. The third-order valence-electron chi connectivity index (χ3n) is 4.15. The van der Waals surface area contributed by atoms with Gasteiger partial charge in [-0.15, -0.1) is 0 Å². The van der Waals surface area contributed by atoms with Gasteiger partial charge < -0.3 is 9.47 Å². The zero-order chi connectivity index (χ0) is 16.9. The average molecular weight is 323 g/mol. The van der Waals surface area contributed by atoms with Crippen LogP contribution in [0.25, 0.3) is 0 Å². The minimum atomic E-state index is -0.152. The predicted molar refractivity (Wildman–Crippen MR) is 92.7 cm³/mol. The van der Waals surface area contributed by atoms with Gasteiger partial charge in [0, 0.05) is 0 Å². The summed E-state index contributed by atoms with van der Waals surface area (Å²) in [4.78, 5) is 0. The standard InChI is InChI=1S/C20H23N2O2/c1-21-13-14-22(2)20(21)19(17-9-11-18(23-3)12-10-17)24-15-16-7-5-4-6-8-16/h4-14,19H,15H2,1-3H3/q+1. The summed E-state index contributed by atoms with van der Waals surface area (Å²) in [7, 11) is 5.76. The Kier molecular flexibility index (Phi) is 4.96. The largest absolute Gasteiger partial charge is 0.497 e. The highest BCUT2D eigenvalue weighted by atomic mass is 16.5. The van der Waals surface area contributed by atoms with Crippen molar-refractivity contribution in [2.75, 3.05) is 7.11 Å². The number of hydrogen-bond acceptors (Lipinski definition) is 2. The van der Waals surface area contributed by atoms with Gasteiger partial charge in [0.25, 0.3) is 5.82 Å². The van der Waals surface area contributed by atoms with Crippen molar-refractivity contribution < 1.29 is 14.0 Å². The maximum absolute atomic E-state index is 6.31. The minimum absolute atomic E-state index is 0.152. The lowest BCUT2D eigenvalue weighted by atomic mass is 10.1. The van der Waals surface area contributed by atoms with Gasteiger partial charge in [-0.3, -0.25) is 0 Å². The molecule has 1 unspecified atom stereocenters. The lowest BCUT2D eigenvalue weighted by molar-refractivity contribution is -0.682. The molecular weight excluding hydrogens is 300 g/mol. The van der Waals surface area contributed by atoms with Crippen LogP contribution in [-0.4, -0.2) is 11.7 Å². The molecule has 3 aromatic rings. The SMILES string of the molecule is COc1ccc(C(OCc2ccccc2)c2n(C)cc[n+]2C)cc1. The third-order valence-corrected chi connectivity index (χ3v) is 4.15. The maximum Gasteiger partial charge on any atom is 0.290 e. The second kappa shape index (κ2) is 7.32. The summed E-state index contributed by atoms with van der Waals surface area (Å²) in [6.07, 6.45) is 3.93. The Hall–Kier alpha value is -2.59. The van der Waals surface area contributed by atoms with E-state index in [0.717, 1.165) is 22.7 Å². The van der Waals surface area contributed by atoms with Crippen LogP contribution in [0, 0.1) is 0 Å². The molecule has 0 fully saturated rings. The Balaban J connectivity index is 1.91.